The van der Waals surface area contributed by atoms with Crippen LogP contribution in [0.4, 0.5) is 4.39 Å². The first-order valence-electron chi connectivity index (χ1n) is 10.6. The zero-order chi connectivity index (χ0) is 22.5. The molecule has 0 spiro atoms. The van der Waals surface area contributed by atoms with Crippen LogP contribution >= 0.6 is 0 Å². The van der Waals surface area contributed by atoms with Gasteiger partial charge in [-0.3, -0.25) is 4.79 Å². The summed E-state index contributed by atoms with van der Waals surface area (Å²) in [5.41, 5.74) is 7.60. The van der Waals surface area contributed by atoms with Crippen LogP contribution in [0.3, 0.4) is 0 Å². The number of carbonyl (C=O) groups is 1. The van der Waals surface area contributed by atoms with Crippen molar-refractivity contribution in [3.8, 4) is 22.3 Å². The Morgan fingerprint density at radius 1 is 1.16 bits per heavy atom. The van der Waals surface area contributed by atoms with E-state index in [0.717, 1.165) is 18.4 Å². The predicted molar refractivity (Wildman–Crippen MR) is 127 cm³/mol. The van der Waals surface area contributed by atoms with Gasteiger partial charge in [0.05, 0.1) is 18.6 Å². The van der Waals surface area contributed by atoms with Crippen molar-refractivity contribution < 1.29 is 24.5 Å². The van der Waals surface area contributed by atoms with E-state index in [-0.39, 0.29) is 48.2 Å². The number of rotatable bonds is 7. The molecule has 0 heterocycles. The van der Waals surface area contributed by atoms with Crippen LogP contribution in [0.5, 0.6) is 0 Å². The van der Waals surface area contributed by atoms with Crippen molar-refractivity contribution in [2.45, 2.75) is 51.7 Å². The van der Waals surface area contributed by atoms with Gasteiger partial charge >= 0.3 is 35.5 Å². The third-order valence-electron chi connectivity index (χ3n) is 5.79. The number of hydrogen-bond donors (Lipinski definition) is 3. The predicted octanol–water partition coefficient (Wildman–Crippen LogP) is 4.62. The summed E-state index contributed by atoms with van der Waals surface area (Å²) in [6.45, 7) is 4.24. The molecule has 0 saturated carbocycles. The molecule has 3 aliphatic carbocycles. The Morgan fingerprint density at radius 3 is 2.34 bits per heavy atom. The number of aliphatic hydroxyl groups excluding tert-OH is 2. The Labute approximate surface area is 210 Å². The van der Waals surface area contributed by atoms with E-state index in [2.05, 4.69) is 32.1 Å². The van der Waals surface area contributed by atoms with Gasteiger partial charge in [-0.2, -0.15) is 0 Å². The summed E-state index contributed by atoms with van der Waals surface area (Å²) in [7, 11) is 0. The minimum absolute atomic E-state index is 0. The maximum absolute atomic E-state index is 12.7. The van der Waals surface area contributed by atoms with Gasteiger partial charge in [0, 0.05) is 6.42 Å². The van der Waals surface area contributed by atoms with Crippen LogP contribution in [0.15, 0.2) is 60.2 Å². The molecule has 0 fully saturated rings. The van der Waals surface area contributed by atoms with Crippen LogP contribution in [0.2, 0.25) is 0 Å². The third-order valence-corrected chi connectivity index (χ3v) is 5.79. The first-order chi connectivity index (χ1) is 14.7. The topological polar surface area (TPSA) is 77.8 Å². The second kappa shape index (κ2) is 11.9. The van der Waals surface area contributed by atoms with E-state index in [0.29, 0.717) is 5.92 Å². The average molecular weight is 449 g/mol. The fourth-order valence-electron chi connectivity index (χ4n) is 3.90. The normalized spacial score (nSPS) is 17.7. The molecule has 0 aliphatic heterocycles. The van der Waals surface area contributed by atoms with Crippen molar-refractivity contribution in [2.75, 3.05) is 0 Å². The number of aliphatic hydroxyl groups is 2. The Balaban J connectivity index is 0.000000222. The second-order valence-corrected chi connectivity index (χ2v) is 8.32. The van der Waals surface area contributed by atoms with Crippen molar-refractivity contribution in [1.29, 1.82) is 0 Å². The SMILES string of the molecule is CC1CCC=C1C=CC(O)CC(O)CC(=O)O.Cc1cc2c(-c3ccc(F)cc3)cc1-2.[NaH]. The van der Waals surface area contributed by atoms with Crippen LogP contribution in [0.1, 0.15) is 38.2 Å². The number of fused-ring (bicyclic) bond motifs is 1. The molecular weight excluding hydrogens is 418 g/mol. The molecule has 32 heavy (non-hydrogen) atoms. The number of carboxylic acid groups (broad SMARTS) is 1. The van der Waals surface area contributed by atoms with Crippen molar-refractivity contribution in [3.63, 3.8) is 0 Å². The summed E-state index contributed by atoms with van der Waals surface area (Å²) < 4.78 is 12.7. The molecule has 166 valence electrons. The summed E-state index contributed by atoms with van der Waals surface area (Å²) in [5.74, 6) is -0.716. The minimum atomic E-state index is -1.05. The van der Waals surface area contributed by atoms with Gasteiger partial charge in [0.15, 0.2) is 0 Å². The van der Waals surface area contributed by atoms with Crippen LogP contribution in [-0.4, -0.2) is 63.1 Å². The molecule has 1 aromatic rings. The number of aliphatic carboxylic acids is 1. The second-order valence-electron chi connectivity index (χ2n) is 8.32. The molecule has 0 radical (unpaired) electrons. The van der Waals surface area contributed by atoms with Crippen molar-refractivity contribution in [3.05, 3.63) is 71.6 Å². The molecule has 0 bridgehead atoms. The zero-order valence-electron chi connectivity index (χ0n) is 17.9. The molecule has 0 amide bonds. The molecule has 3 unspecified atom stereocenters. The first-order valence-corrected chi connectivity index (χ1v) is 10.6. The van der Waals surface area contributed by atoms with Gasteiger partial charge in [0.2, 0.25) is 0 Å². The number of aryl methyl sites for hydroxylation is 1. The summed E-state index contributed by atoms with van der Waals surface area (Å²) in [5, 5.41) is 27.4. The van der Waals surface area contributed by atoms with E-state index in [1.54, 1.807) is 6.08 Å². The van der Waals surface area contributed by atoms with E-state index in [4.69, 9.17) is 5.11 Å². The molecule has 4 nitrogen and oxygen atoms in total. The molecule has 3 atom stereocenters. The Kier molecular flexibility index (Phi) is 9.86. The quantitative estimate of drug-likeness (QED) is 0.461. The van der Waals surface area contributed by atoms with E-state index in [9.17, 15) is 19.4 Å². The van der Waals surface area contributed by atoms with Gasteiger partial charge in [-0.25, -0.2) is 4.39 Å². The number of halogens is 1. The van der Waals surface area contributed by atoms with Crippen LogP contribution in [0.25, 0.3) is 22.3 Å². The molecule has 3 N–H and O–H groups in total. The monoisotopic (exact) mass is 448 g/mol. The Hall–Kier alpha value is -1.76. The van der Waals surface area contributed by atoms with Crippen molar-refractivity contribution in [2.24, 2.45) is 5.92 Å². The first kappa shape index (κ1) is 26.5. The van der Waals surface area contributed by atoms with Crippen molar-refractivity contribution >= 4 is 35.5 Å². The fraction of sp³-hybridized carbons (Fsp3) is 0.346. The summed E-state index contributed by atoms with van der Waals surface area (Å²) >= 11 is 0. The summed E-state index contributed by atoms with van der Waals surface area (Å²) in [4.78, 5) is 10.3. The number of allylic oxidation sites excluding steroid dienone is 3. The summed E-state index contributed by atoms with van der Waals surface area (Å²) in [6, 6.07) is 11.0. The molecule has 0 saturated heterocycles. The van der Waals surface area contributed by atoms with E-state index < -0.39 is 18.2 Å². The van der Waals surface area contributed by atoms with E-state index in [1.807, 2.05) is 18.2 Å². The molecule has 6 heteroatoms. The standard InChI is InChI=1S/C13H9F.C13H20O4.Na.H/c1-8-6-13-11(8)7-12(13)9-2-4-10(14)5-3-9;1-9-3-2-4-10(9)5-6-11(14)7-12(15)8-13(16)17;;/h2-7H,1H3;4-6,9,11-12,14-15H,2-3,7-8H2,1H3,(H,16,17);;. The van der Waals surface area contributed by atoms with Crippen LogP contribution in [-0.2, 0) is 4.79 Å². The Bertz CT molecular complexity index is 987. The fourth-order valence-corrected chi connectivity index (χ4v) is 3.90. The number of carboxylic acids is 1. The molecule has 3 aliphatic rings. The molecule has 0 aromatic heterocycles. The van der Waals surface area contributed by atoms with Crippen molar-refractivity contribution in [1.82, 2.24) is 0 Å². The molecular formula is C26H30FNaO4. The zero-order valence-corrected chi connectivity index (χ0v) is 17.9. The van der Waals surface area contributed by atoms with Crippen LogP contribution < -0.4 is 0 Å². The van der Waals surface area contributed by atoms with Gasteiger partial charge in [-0.15, -0.1) is 0 Å². The van der Waals surface area contributed by atoms with E-state index >= 15 is 0 Å². The van der Waals surface area contributed by atoms with E-state index in [1.165, 1.54) is 40.0 Å². The van der Waals surface area contributed by atoms with Gasteiger partial charge in [0.1, 0.15) is 5.82 Å². The molecule has 1 aromatic carbocycles. The van der Waals surface area contributed by atoms with Gasteiger partial charge in [-0.1, -0.05) is 43.4 Å². The average Bonchev–Trinajstić information content (AvgIpc) is 3.10. The molecule has 4 rings (SSSR count). The third kappa shape index (κ3) is 6.87. The van der Waals surface area contributed by atoms with Gasteiger partial charge in [-0.05, 0) is 77.3 Å². The number of benzene rings is 2. The van der Waals surface area contributed by atoms with Gasteiger partial charge < -0.3 is 15.3 Å². The summed E-state index contributed by atoms with van der Waals surface area (Å²) in [6.07, 6.45) is 5.78. The Morgan fingerprint density at radius 2 is 1.84 bits per heavy atom. The maximum atomic E-state index is 12.7. The van der Waals surface area contributed by atoms with Crippen LogP contribution in [0, 0.1) is 18.7 Å². The number of hydrogen-bond acceptors (Lipinski definition) is 3. The van der Waals surface area contributed by atoms with Gasteiger partial charge in [0.25, 0.3) is 0 Å².